The molecule has 1 N–H and O–H groups in total. The quantitative estimate of drug-likeness (QED) is 0.761. The Balaban J connectivity index is 2.00. The number of oxazole rings is 1. The van der Waals surface area contributed by atoms with E-state index in [0.717, 1.165) is 0 Å². The topological polar surface area (TPSA) is 72.2 Å². The number of nitrogens with zero attached hydrogens (tertiary/aromatic N) is 1. The Morgan fingerprint density at radius 3 is 2.68 bits per heavy atom. The number of hydrogen-bond acceptors (Lipinski definition) is 4. The van der Waals surface area contributed by atoms with Crippen LogP contribution in [0.15, 0.2) is 45.7 Å². The average Bonchev–Trinajstić information content (AvgIpc) is 2.80. The lowest BCUT2D eigenvalue weighted by Gasteiger charge is -2.09. The van der Waals surface area contributed by atoms with Crippen LogP contribution in [0, 0.1) is 6.92 Å². The summed E-state index contributed by atoms with van der Waals surface area (Å²) in [4.78, 5) is 4.06. The molecule has 3 rings (SSSR count). The van der Waals surface area contributed by atoms with E-state index in [9.17, 15) is 8.42 Å². The molecule has 0 saturated carbocycles. The first-order chi connectivity index (χ1) is 10.3. The summed E-state index contributed by atoms with van der Waals surface area (Å²) in [7, 11) is -3.86. The van der Waals surface area contributed by atoms with E-state index in [1.54, 1.807) is 25.1 Å². The highest BCUT2D eigenvalue weighted by atomic mass is 35.5. The van der Waals surface area contributed by atoms with E-state index in [-0.39, 0.29) is 14.9 Å². The van der Waals surface area contributed by atoms with Gasteiger partial charge in [0.1, 0.15) is 10.4 Å². The van der Waals surface area contributed by atoms with Crippen LogP contribution < -0.4 is 4.72 Å². The minimum Gasteiger partial charge on any atom is -0.441 e. The number of aryl methyl sites for hydroxylation is 1. The van der Waals surface area contributed by atoms with Gasteiger partial charge in [0.05, 0.1) is 10.7 Å². The summed E-state index contributed by atoms with van der Waals surface area (Å²) in [5.41, 5.74) is 1.50. The second kappa shape index (κ2) is 5.46. The molecule has 0 aliphatic carbocycles. The van der Waals surface area contributed by atoms with E-state index in [0.29, 0.717) is 22.7 Å². The summed E-state index contributed by atoms with van der Waals surface area (Å²) < 4.78 is 32.7. The molecule has 0 radical (unpaired) electrons. The van der Waals surface area contributed by atoms with Crippen molar-refractivity contribution >= 4 is 50.0 Å². The SMILES string of the molecule is Cc1nc2ccc(NS(=O)(=O)c3cc(Cl)ccc3Cl)cc2o1. The van der Waals surface area contributed by atoms with Gasteiger partial charge in [-0.2, -0.15) is 0 Å². The summed E-state index contributed by atoms with van der Waals surface area (Å²) in [6.07, 6.45) is 0. The molecule has 114 valence electrons. The van der Waals surface area contributed by atoms with Crippen LogP contribution in [0.2, 0.25) is 10.0 Å². The zero-order valence-electron chi connectivity index (χ0n) is 11.3. The molecule has 1 heterocycles. The number of anilines is 1. The minimum atomic E-state index is -3.86. The van der Waals surface area contributed by atoms with Gasteiger partial charge in [-0.15, -0.1) is 0 Å². The van der Waals surface area contributed by atoms with E-state index in [2.05, 4.69) is 9.71 Å². The van der Waals surface area contributed by atoms with Crippen molar-refractivity contribution in [2.45, 2.75) is 11.8 Å². The number of rotatable bonds is 3. The summed E-state index contributed by atoms with van der Waals surface area (Å²) in [5, 5.41) is 0.375. The van der Waals surface area contributed by atoms with Crippen LogP contribution in [0.4, 0.5) is 5.69 Å². The Hall–Kier alpha value is -1.76. The zero-order chi connectivity index (χ0) is 15.9. The van der Waals surface area contributed by atoms with Crippen LogP contribution in [0.5, 0.6) is 0 Å². The van der Waals surface area contributed by atoms with Crippen LogP contribution in [-0.2, 0) is 10.0 Å². The number of sulfonamides is 1. The second-order valence-electron chi connectivity index (χ2n) is 4.60. The number of halogens is 2. The average molecular weight is 357 g/mol. The number of fused-ring (bicyclic) bond motifs is 1. The van der Waals surface area contributed by atoms with Crippen molar-refractivity contribution in [2.24, 2.45) is 0 Å². The van der Waals surface area contributed by atoms with Gasteiger partial charge in [-0.05, 0) is 30.3 Å². The third-order valence-corrected chi connectivity index (χ3v) is 5.03. The van der Waals surface area contributed by atoms with Crippen LogP contribution in [0.25, 0.3) is 11.1 Å². The molecule has 0 unspecified atom stereocenters. The maximum atomic E-state index is 12.4. The van der Waals surface area contributed by atoms with Crippen molar-refractivity contribution < 1.29 is 12.8 Å². The molecule has 8 heteroatoms. The molecule has 0 amide bonds. The molecule has 3 aromatic rings. The zero-order valence-corrected chi connectivity index (χ0v) is 13.6. The van der Waals surface area contributed by atoms with Crippen molar-refractivity contribution in [2.75, 3.05) is 4.72 Å². The molecule has 0 atom stereocenters. The lowest BCUT2D eigenvalue weighted by molar-refractivity contribution is 0.561. The number of hydrogen-bond donors (Lipinski definition) is 1. The van der Waals surface area contributed by atoms with Gasteiger partial charge < -0.3 is 4.42 Å². The molecule has 5 nitrogen and oxygen atoms in total. The number of nitrogens with one attached hydrogen (secondary N) is 1. The van der Waals surface area contributed by atoms with E-state index in [1.807, 2.05) is 0 Å². The highest BCUT2D eigenvalue weighted by Crippen LogP contribution is 2.28. The van der Waals surface area contributed by atoms with Crippen molar-refractivity contribution in [3.8, 4) is 0 Å². The smallest absolute Gasteiger partial charge is 0.263 e. The van der Waals surface area contributed by atoms with Crippen LogP contribution >= 0.6 is 23.2 Å². The number of aromatic nitrogens is 1. The second-order valence-corrected chi connectivity index (χ2v) is 7.09. The summed E-state index contributed by atoms with van der Waals surface area (Å²) >= 11 is 11.8. The molecule has 0 fully saturated rings. The Labute approximate surface area is 136 Å². The van der Waals surface area contributed by atoms with Gasteiger partial charge in [0.25, 0.3) is 10.0 Å². The highest BCUT2D eigenvalue weighted by molar-refractivity contribution is 7.92. The maximum absolute atomic E-state index is 12.4. The lowest BCUT2D eigenvalue weighted by Crippen LogP contribution is -2.13. The van der Waals surface area contributed by atoms with Gasteiger partial charge in [-0.25, -0.2) is 13.4 Å². The van der Waals surface area contributed by atoms with Gasteiger partial charge >= 0.3 is 0 Å². The maximum Gasteiger partial charge on any atom is 0.263 e. The molecule has 0 bridgehead atoms. The molecule has 22 heavy (non-hydrogen) atoms. The van der Waals surface area contributed by atoms with Crippen molar-refractivity contribution in [1.29, 1.82) is 0 Å². The Bertz CT molecular complexity index is 967. The van der Waals surface area contributed by atoms with Crippen molar-refractivity contribution in [3.63, 3.8) is 0 Å². The fourth-order valence-electron chi connectivity index (χ4n) is 2.00. The molecule has 1 aromatic heterocycles. The molecule has 2 aromatic carbocycles. The van der Waals surface area contributed by atoms with Crippen LogP contribution in [-0.4, -0.2) is 13.4 Å². The Morgan fingerprint density at radius 1 is 1.14 bits per heavy atom. The summed E-state index contributed by atoms with van der Waals surface area (Å²) in [6, 6.07) is 9.08. The molecular weight excluding hydrogens is 347 g/mol. The fourth-order valence-corrected chi connectivity index (χ4v) is 3.81. The third kappa shape index (κ3) is 2.90. The van der Waals surface area contributed by atoms with E-state index < -0.39 is 10.0 Å². The first-order valence-corrected chi connectivity index (χ1v) is 8.44. The van der Waals surface area contributed by atoms with Gasteiger partial charge in [0, 0.05) is 18.0 Å². The predicted octanol–water partition coefficient (Wildman–Crippen LogP) is 4.24. The first-order valence-electron chi connectivity index (χ1n) is 6.20. The van der Waals surface area contributed by atoms with Crippen LogP contribution in [0.3, 0.4) is 0 Å². The van der Waals surface area contributed by atoms with Crippen molar-refractivity contribution in [1.82, 2.24) is 4.98 Å². The highest BCUT2D eigenvalue weighted by Gasteiger charge is 2.19. The van der Waals surface area contributed by atoms with E-state index >= 15 is 0 Å². The fraction of sp³-hybridized carbons (Fsp3) is 0.0714. The summed E-state index contributed by atoms with van der Waals surface area (Å²) in [6.45, 7) is 1.72. The standard InChI is InChI=1S/C14H10Cl2N2O3S/c1-8-17-12-5-3-10(7-13(12)21-8)18-22(19,20)14-6-9(15)2-4-11(14)16/h2-7,18H,1H3. The van der Waals surface area contributed by atoms with Gasteiger partial charge in [0.15, 0.2) is 11.5 Å². The Morgan fingerprint density at radius 2 is 1.91 bits per heavy atom. The molecule has 0 aliphatic heterocycles. The van der Waals surface area contributed by atoms with Crippen LogP contribution in [0.1, 0.15) is 5.89 Å². The largest absolute Gasteiger partial charge is 0.441 e. The van der Waals surface area contributed by atoms with Gasteiger partial charge in [0.2, 0.25) is 0 Å². The predicted molar refractivity (Wildman–Crippen MR) is 86.0 cm³/mol. The van der Waals surface area contributed by atoms with Crippen molar-refractivity contribution in [3.05, 3.63) is 52.3 Å². The summed E-state index contributed by atoms with van der Waals surface area (Å²) in [5.74, 6) is 0.507. The van der Waals surface area contributed by atoms with E-state index in [1.165, 1.54) is 18.2 Å². The lowest BCUT2D eigenvalue weighted by atomic mass is 10.3. The molecule has 0 aliphatic rings. The first kappa shape index (κ1) is 15.1. The third-order valence-electron chi connectivity index (χ3n) is 2.93. The van der Waals surface area contributed by atoms with Gasteiger partial charge in [-0.3, -0.25) is 4.72 Å². The number of benzene rings is 2. The minimum absolute atomic E-state index is 0.0875. The Kier molecular flexibility index (Phi) is 3.76. The molecular formula is C14H10Cl2N2O3S. The van der Waals surface area contributed by atoms with Gasteiger partial charge in [-0.1, -0.05) is 23.2 Å². The van der Waals surface area contributed by atoms with E-state index in [4.69, 9.17) is 27.6 Å². The molecule has 0 saturated heterocycles. The normalized spacial score (nSPS) is 11.8. The monoisotopic (exact) mass is 356 g/mol. The molecule has 0 spiro atoms.